The third kappa shape index (κ3) is 2.49. The van der Waals surface area contributed by atoms with Crippen molar-refractivity contribution in [1.29, 1.82) is 0 Å². The van der Waals surface area contributed by atoms with Gasteiger partial charge in [-0.2, -0.15) is 0 Å². The van der Waals surface area contributed by atoms with E-state index in [1.807, 2.05) is 20.0 Å². The molecule has 2 heterocycles. The number of rotatable bonds is 2. The molecule has 0 radical (unpaired) electrons. The minimum absolute atomic E-state index is 0.0874. The molecule has 0 atom stereocenters. The molecular formula is C12H21N5. The molecule has 5 heteroatoms. The topological polar surface area (TPSA) is 53.1 Å². The van der Waals surface area contributed by atoms with Crippen LogP contribution in [-0.4, -0.2) is 42.2 Å². The monoisotopic (exact) mass is 235 g/mol. The molecule has 0 aliphatic carbocycles. The SMILES string of the molecule is CNc1cc(N2CCNCC2(C)C)nc(C)n1. The van der Waals surface area contributed by atoms with Gasteiger partial charge in [0, 0.05) is 38.3 Å². The summed E-state index contributed by atoms with van der Waals surface area (Å²) < 4.78 is 0. The number of nitrogens with zero attached hydrogens (tertiary/aromatic N) is 3. The first-order valence-corrected chi connectivity index (χ1v) is 6.05. The highest BCUT2D eigenvalue weighted by Gasteiger charge is 2.30. The number of hydrogen-bond acceptors (Lipinski definition) is 5. The Morgan fingerprint density at radius 2 is 2.18 bits per heavy atom. The van der Waals surface area contributed by atoms with Crippen LogP contribution in [0.5, 0.6) is 0 Å². The summed E-state index contributed by atoms with van der Waals surface area (Å²) in [5.41, 5.74) is 0.0874. The molecule has 5 nitrogen and oxygen atoms in total. The molecule has 2 rings (SSSR count). The first kappa shape index (κ1) is 12.1. The van der Waals surface area contributed by atoms with Crippen LogP contribution in [0.25, 0.3) is 0 Å². The fourth-order valence-corrected chi connectivity index (χ4v) is 2.23. The van der Waals surface area contributed by atoms with Crippen LogP contribution in [0.3, 0.4) is 0 Å². The quantitative estimate of drug-likeness (QED) is 0.801. The molecule has 1 aliphatic heterocycles. The Morgan fingerprint density at radius 3 is 2.82 bits per heavy atom. The van der Waals surface area contributed by atoms with Gasteiger partial charge in [0.1, 0.15) is 17.5 Å². The molecule has 1 aromatic heterocycles. The highest BCUT2D eigenvalue weighted by Crippen LogP contribution is 2.25. The van der Waals surface area contributed by atoms with E-state index in [0.717, 1.165) is 37.1 Å². The highest BCUT2D eigenvalue weighted by molar-refractivity contribution is 5.51. The summed E-state index contributed by atoms with van der Waals surface area (Å²) in [6.45, 7) is 9.35. The molecular weight excluding hydrogens is 214 g/mol. The Hall–Kier alpha value is -1.36. The van der Waals surface area contributed by atoms with E-state index in [-0.39, 0.29) is 5.54 Å². The number of anilines is 2. The summed E-state index contributed by atoms with van der Waals surface area (Å²) in [7, 11) is 1.88. The van der Waals surface area contributed by atoms with Gasteiger partial charge in [0.15, 0.2) is 0 Å². The maximum Gasteiger partial charge on any atom is 0.134 e. The standard InChI is InChI=1S/C12H21N5/c1-9-15-10(13-4)7-11(16-9)17-6-5-14-8-12(17,2)3/h7,14H,5-6,8H2,1-4H3,(H,13,15,16). The summed E-state index contributed by atoms with van der Waals surface area (Å²) in [5, 5.41) is 6.50. The molecule has 0 unspecified atom stereocenters. The molecule has 17 heavy (non-hydrogen) atoms. The van der Waals surface area contributed by atoms with Gasteiger partial charge in [-0.3, -0.25) is 0 Å². The van der Waals surface area contributed by atoms with E-state index in [9.17, 15) is 0 Å². The zero-order chi connectivity index (χ0) is 12.5. The Morgan fingerprint density at radius 1 is 1.41 bits per heavy atom. The Labute approximate surface area is 103 Å². The van der Waals surface area contributed by atoms with Crippen LogP contribution < -0.4 is 15.5 Å². The second kappa shape index (κ2) is 4.49. The number of aromatic nitrogens is 2. The van der Waals surface area contributed by atoms with Crippen molar-refractivity contribution in [2.75, 3.05) is 36.9 Å². The molecule has 0 saturated carbocycles. The Balaban J connectivity index is 2.35. The van der Waals surface area contributed by atoms with Crippen LogP contribution in [0.15, 0.2) is 6.07 Å². The molecule has 1 fully saturated rings. The molecule has 0 amide bonds. The zero-order valence-corrected chi connectivity index (χ0v) is 11.0. The normalized spacial score (nSPS) is 19.2. The summed E-state index contributed by atoms with van der Waals surface area (Å²) >= 11 is 0. The van der Waals surface area contributed by atoms with Crippen LogP contribution in [0, 0.1) is 6.92 Å². The van der Waals surface area contributed by atoms with Crippen LogP contribution in [0.2, 0.25) is 0 Å². The summed E-state index contributed by atoms with van der Waals surface area (Å²) in [5.74, 6) is 2.69. The van der Waals surface area contributed by atoms with E-state index in [1.165, 1.54) is 0 Å². The third-order valence-electron chi connectivity index (χ3n) is 3.16. The smallest absolute Gasteiger partial charge is 0.134 e. The first-order chi connectivity index (χ1) is 8.03. The molecule has 0 spiro atoms. The fraction of sp³-hybridized carbons (Fsp3) is 0.667. The molecule has 94 valence electrons. The maximum absolute atomic E-state index is 4.55. The Bertz CT molecular complexity index is 402. The van der Waals surface area contributed by atoms with Crippen molar-refractivity contribution in [3.63, 3.8) is 0 Å². The van der Waals surface area contributed by atoms with Crippen LogP contribution >= 0.6 is 0 Å². The van der Waals surface area contributed by atoms with Crippen molar-refractivity contribution in [2.45, 2.75) is 26.3 Å². The average molecular weight is 235 g/mol. The van der Waals surface area contributed by atoms with Crippen molar-refractivity contribution in [2.24, 2.45) is 0 Å². The molecule has 1 aliphatic rings. The lowest BCUT2D eigenvalue weighted by Gasteiger charge is -2.43. The second-order valence-corrected chi connectivity index (χ2v) is 5.05. The van der Waals surface area contributed by atoms with E-state index in [1.54, 1.807) is 0 Å². The van der Waals surface area contributed by atoms with E-state index >= 15 is 0 Å². The van der Waals surface area contributed by atoms with Gasteiger partial charge in [0.25, 0.3) is 0 Å². The number of hydrogen-bond donors (Lipinski definition) is 2. The van der Waals surface area contributed by atoms with E-state index in [4.69, 9.17) is 0 Å². The predicted molar refractivity (Wildman–Crippen MR) is 70.6 cm³/mol. The van der Waals surface area contributed by atoms with Gasteiger partial charge in [0.2, 0.25) is 0 Å². The fourth-order valence-electron chi connectivity index (χ4n) is 2.23. The molecule has 1 saturated heterocycles. The third-order valence-corrected chi connectivity index (χ3v) is 3.16. The average Bonchev–Trinajstić information content (AvgIpc) is 2.27. The van der Waals surface area contributed by atoms with Crippen LogP contribution in [-0.2, 0) is 0 Å². The van der Waals surface area contributed by atoms with E-state index < -0.39 is 0 Å². The Kier molecular flexibility index (Phi) is 3.19. The van der Waals surface area contributed by atoms with E-state index in [0.29, 0.717) is 0 Å². The first-order valence-electron chi connectivity index (χ1n) is 6.05. The maximum atomic E-state index is 4.55. The summed E-state index contributed by atoms with van der Waals surface area (Å²) in [6.07, 6.45) is 0. The lowest BCUT2D eigenvalue weighted by Crippen LogP contribution is -2.58. The van der Waals surface area contributed by atoms with E-state index in [2.05, 4.69) is 39.3 Å². The minimum atomic E-state index is 0.0874. The van der Waals surface area contributed by atoms with Crippen molar-refractivity contribution < 1.29 is 0 Å². The lowest BCUT2D eigenvalue weighted by atomic mass is 10.0. The minimum Gasteiger partial charge on any atom is -0.373 e. The van der Waals surface area contributed by atoms with Crippen molar-refractivity contribution in [3.8, 4) is 0 Å². The van der Waals surface area contributed by atoms with Gasteiger partial charge < -0.3 is 15.5 Å². The molecule has 2 N–H and O–H groups in total. The van der Waals surface area contributed by atoms with Crippen molar-refractivity contribution in [3.05, 3.63) is 11.9 Å². The molecule has 1 aromatic rings. The number of aryl methyl sites for hydroxylation is 1. The van der Waals surface area contributed by atoms with Crippen molar-refractivity contribution >= 4 is 11.6 Å². The number of piperazine rings is 1. The van der Waals surface area contributed by atoms with Crippen LogP contribution in [0.1, 0.15) is 19.7 Å². The summed E-state index contributed by atoms with van der Waals surface area (Å²) in [4.78, 5) is 11.2. The van der Waals surface area contributed by atoms with Crippen molar-refractivity contribution in [1.82, 2.24) is 15.3 Å². The second-order valence-electron chi connectivity index (χ2n) is 5.05. The van der Waals surface area contributed by atoms with Gasteiger partial charge in [-0.15, -0.1) is 0 Å². The summed E-state index contributed by atoms with van der Waals surface area (Å²) in [6, 6.07) is 2.01. The lowest BCUT2D eigenvalue weighted by molar-refractivity contribution is 0.377. The largest absolute Gasteiger partial charge is 0.373 e. The van der Waals surface area contributed by atoms with Crippen LogP contribution in [0.4, 0.5) is 11.6 Å². The van der Waals surface area contributed by atoms with Gasteiger partial charge in [-0.1, -0.05) is 0 Å². The van der Waals surface area contributed by atoms with Gasteiger partial charge in [-0.05, 0) is 20.8 Å². The zero-order valence-electron chi connectivity index (χ0n) is 11.0. The van der Waals surface area contributed by atoms with Gasteiger partial charge >= 0.3 is 0 Å². The highest BCUT2D eigenvalue weighted by atomic mass is 15.3. The van der Waals surface area contributed by atoms with Gasteiger partial charge in [0.05, 0.1) is 0 Å². The van der Waals surface area contributed by atoms with Gasteiger partial charge in [-0.25, -0.2) is 9.97 Å². The molecule has 0 aromatic carbocycles. The number of nitrogens with one attached hydrogen (secondary N) is 2. The predicted octanol–water partition coefficient (Wildman–Crippen LogP) is 1.01. The molecule has 0 bridgehead atoms.